The third kappa shape index (κ3) is 2.27. The second-order valence-electron chi connectivity index (χ2n) is 4.82. The minimum Gasteiger partial charge on any atom is -0.379 e. The van der Waals surface area contributed by atoms with Crippen LogP contribution in [-0.2, 0) is 6.54 Å². The Bertz CT molecular complexity index is 924. The van der Waals surface area contributed by atoms with E-state index in [4.69, 9.17) is 0 Å². The molecule has 3 aromatic heterocycles. The number of hydrogen-bond donors (Lipinski definition) is 2. The van der Waals surface area contributed by atoms with E-state index < -0.39 is 0 Å². The zero-order valence-electron chi connectivity index (χ0n) is 11.0. The average molecular weight is 342 g/mol. The van der Waals surface area contributed by atoms with Crippen molar-refractivity contribution in [1.82, 2.24) is 19.4 Å². The first-order valence-electron chi connectivity index (χ1n) is 6.58. The minimum absolute atomic E-state index is 0.702. The summed E-state index contributed by atoms with van der Waals surface area (Å²) in [4.78, 5) is 11.7. The highest BCUT2D eigenvalue weighted by Gasteiger charge is 2.04. The molecule has 0 aliphatic heterocycles. The van der Waals surface area contributed by atoms with Crippen LogP contribution in [0, 0.1) is 0 Å². The third-order valence-electron chi connectivity index (χ3n) is 3.47. The molecule has 5 nitrogen and oxygen atoms in total. The first-order valence-corrected chi connectivity index (χ1v) is 7.37. The lowest BCUT2D eigenvalue weighted by atomic mass is 10.2. The van der Waals surface area contributed by atoms with Crippen LogP contribution >= 0.6 is 15.9 Å². The van der Waals surface area contributed by atoms with E-state index in [-0.39, 0.29) is 0 Å². The van der Waals surface area contributed by atoms with E-state index >= 15 is 0 Å². The van der Waals surface area contributed by atoms with Crippen molar-refractivity contribution in [2.24, 2.45) is 0 Å². The zero-order valence-corrected chi connectivity index (χ0v) is 12.6. The Kier molecular flexibility index (Phi) is 2.89. The number of hydrogen-bond acceptors (Lipinski definition) is 3. The Morgan fingerprint density at radius 2 is 2.14 bits per heavy atom. The number of aromatic amines is 1. The highest BCUT2D eigenvalue weighted by molar-refractivity contribution is 9.10. The lowest BCUT2D eigenvalue weighted by molar-refractivity contribution is 0.983. The second-order valence-corrected chi connectivity index (χ2v) is 5.63. The molecule has 0 fully saturated rings. The van der Waals surface area contributed by atoms with Gasteiger partial charge in [0.2, 0.25) is 0 Å². The van der Waals surface area contributed by atoms with E-state index in [1.165, 1.54) is 5.39 Å². The van der Waals surface area contributed by atoms with Crippen LogP contribution in [0.25, 0.3) is 16.6 Å². The van der Waals surface area contributed by atoms with Crippen LogP contribution in [0.3, 0.4) is 0 Å². The summed E-state index contributed by atoms with van der Waals surface area (Å²) in [5.41, 5.74) is 4.16. The molecule has 21 heavy (non-hydrogen) atoms. The number of aromatic nitrogens is 4. The molecule has 104 valence electrons. The Hall–Kier alpha value is -2.34. The molecule has 2 N–H and O–H groups in total. The molecule has 1 aromatic carbocycles. The molecule has 6 heteroatoms. The summed E-state index contributed by atoms with van der Waals surface area (Å²) in [5, 5.41) is 4.63. The SMILES string of the molecule is Brc1cn2c(CNc3ccc4[nH]ccc4c3)cnc2cn1. The Labute approximate surface area is 129 Å². The van der Waals surface area contributed by atoms with Crippen LogP contribution in [0.4, 0.5) is 5.69 Å². The highest BCUT2D eigenvalue weighted by Crippen LogP contribution is 2.19. The highest BCUT2D eigenvalue weighted by atomic mass is 79.9. The fourth-order valence-electron chi connectivity index (χ4n) is 2.40. The molecule has 4 rings (SSSR count). The summed E-state index contributed by atoms with van der Waals surface area (Å²) in [7, 11) is 0. The average Bonchev–Trinajstić information content (AvgIpc) is 3.10. The number of imidazole rings is 1. The maximum Gasteiger partial charge on any atom is 0.155 e. The minimum atomic E-state index is 0.702. The zero-order chi connectivity index (χ0) is 14.2. The van der Waals surface area contributed by atoms with E-state index in [1.54, 1.807) is 6.20 Å². The first kappa shape index (κ1) is 12.4. The fourth-order valence-corrected chi connectivity index (χ4v) is 2.71. The van der Waals surface area contributed by atoms with Gasteiger partial charge in [0, 0.05) is 29.0 Å². The normalized spacial score (nSPS) is 11.3. The number of nitrogens with zero attached hydrogens (tertiary/aromatic N) is 3. The van der Waals surface area contributed by atoms with E-state index in [0.717, 1.165) is 27.1 Å². The number of benzene rings is 1. The molecule has 0 unspecified atom stereocenters. The largest absolute Gasteiger partial charge is 0.379 e. The smallest absolute Gasteiger partial charge is 0.155 e. The summed E-state index contributed by atoms with van der Waals surface area (Å²) >= 11 is 3.39. The van der Waals surface area contributed by atoms with Crippen molar-refractivity contribution < 1.29 is 0 Å². The molecular weight excluding hydrogens is 330 g/mol. The summed E-state index contributed by atoms with van der Waals surface area (Å²) < 4.78 is 2.82. The summed E-state index contributed by atoms with van der Waals surface area (Å²) in [6.07, 6.45) is 7.49. The molecule has 0 saturated carbocycles. The van der Waals surface area contributed by atoms with Crippen LogP contribution in [-0.4, -0.2) is 19.4 Å². The van der Waals surface area contributed by atoms with Crippen molar-refractivity contribution in [3.05, 3.63) is 59.3 Å². The maximum atomic E-state index is 4.35. The molecule has 0 saturated heterocycles. The molecule has 3 heterocycles. The van der Waals surface area contributed by atoms with E-state index in [2.05, 4.69) is 60.5 Å². The fraction of sp³-hybridized carbons (Fsp3) is 0.0667. The predicted molar refractivity (Wildman–Crippen MR) is 86.3 cm³/mol. The van der Waals surface area contributed by atoms with Crippen LogP contribution in [0.1, 0.15) is 5.69 Å². The monoisotopic (exact) mass is 341 g/mol. The van der Waals surface area contributed by atoms with Crippen molar-refractivity contribution in [3.63, 3.8) is 0 Å². The van der Waals surface area contributed by atoms with Gasteiger partial charge in [-0.2, -0.15) is 0 Å². The summed E-state index contributed by atoms with van der Waals surface area (Å²) in [5.74, 6) is 0. The van der Waals surface area contributed by atoms with Crippen LogP contribution in [0.5, 0.6) is 0 Å². The van der Waals surface area contributed by atoms with Crippen LogP contribution < -0.4 is 5.32 Å². The number of halogens is 1. The van der Waals surface area contributed by atoms with Crippen molar-refractivity contribution in [1.29, 1.82) is 0 Å². The van der Waals surface area contributed by atoms with Gasteiger partial charge in [0.1, 0.15) is 4.60 Å². The summed E-state index contributed by atoms with van der Waals surface area (Å²) in [6, 6.07) is 8.34. The number of nitrogens with one attached hydrogen (secondary N) is 2. The van der Waals surface area contributed by atoms with Crippen LogP contribution in [0.2, 0.25) is 0 Å². The van der Waals surface area contributed by atoms with Gasteiger partial charge in [0.25, 0.3) is 0 Å². The Balaban J connectivity index is 1.61. The topological polar surface area (TPSA) is 58.0 Å². The molecule has 0 radical (unpaired) electrons. The van der Waals surface area contributed by atoms with Crippen molar-refractivity contribution in [2.75, 3.05) is 5.32 Å². The molecule has 0 spiro atoms. The van der Waals surface area contributed by atoms with Gasteiger partial charge in [-0.15, -0.1) is 0 Å². The van der Waals surface area contributed by atoms with Gasteiger partial charge in [-0.1, -0.05) is 0 Å². The Morgan fingerprint density at radius 1 is 1.19 bits per heavy atom. The lowest BCUT2D eigenvalue weighted by Crippen LogP contribution is -2.02. The Morgan fingerprint density at radius 3 is 3.10 bits per heavy atom. The van der Waals surface area contributed by atoms with Crippen LogP contribution in [0.15, 0.2) is 53.7 Å². The van der Waals surface area contributed by atoms with Crippen molar-refractivity contribution in [2.45, 2.75) is 6.54 Å². The first-order chi connectivity index (χ1) is 10.3. The molecule has 0 aliphatic carbocycles. The lowest BCUT2D eigenvalue weighted by Gasteiger charge is -2.06. The van der Waals surface area contributed by atoms with E-state index in [1.807, 2.05) is 23.0 Å². The molecule has 4 aromatic rings. The van der Waals surface area contributed by atoms with Gasteiger partial charge in [-0.25, -0.2) is 9.97 Å². The third-order valence-corrected chi connectivity index (χ3v) is 3.88. The van der Waals surface area contributed by atoms with Gasteiger partial charge < -0.3 is 10.3 Å². The number of rotatable bonds is 3. The molecule has 0 aliphatic rings. The van der Waals surface area contributed by atoms with E-state index in [0.29, 0.717) is 6.54 Å². The summed E-state index contributed by atoms with van der Waals surface area (Å²) in [6.45, 7) is 0.702. The van der Waals surface area contributed by atoms with Gasteiger partial charge in [-0.05, 0) is 40.2 Å². The van der Waals surface area contributed by atoms with E-state index in [9.17, 15) is 0 Å². The van der Waals surface area contributed by atoms with Crippen molar-refractivity contribution >= 4 is 38.2 Å². The van der Waals surface area contributed by atoms with Gasteiger partial charge in [0.05, 0.1) is 24.6 Å². The molecular formula is C15H12BrN5. The molecule has 0 amide bonds. The quantitative estimate of drug-likeness (QED) is 0.598. The predicted octanol–water partition coefficient (Wildman–Crippen LogP) is 3.59. The van der Waals surface area contributed by atoms with Gasteiger partial charge in [0.15, 0.2) is 5.65 Å². The number of H-pyrrole nitrogens is 1. The van der Waals surface area contributed by atoms with Gasteiger partial charge in [-0.3, -0.25) is 4.40 Å². The number of fused-ring (bicyclic) bond motifs is 2. The van der Waals surface area contributed by atoms with Crippen molar-refractivity contribution in [3.8, 4) is 0 Å². The standard InChI is InChI=1S/C15H12BrN5/c16-14-9-21-12(7-20-15(21)8-19-14)6-18-11-1-2-13-10(5-11)3-4-17-13/h1-5,7-9,17-18H,6H2. The molecule has 0 bridgehead atoms. The maximum absolute atomic E-state index is 4.35. The van der Waals surface area contributed by atoms with Gasteiger partial charge >= 0.3 is 0 Å². The number of anilines is 1. The molecule has 0 atom stereocenters. The second kappa shape index (κ2) is 4.89.